The van der Waals surface area contributed by atoms with Crippen molar-refractivity contribution in [1.29, 1.82) is 0 Å². The highest BCUT2D eigenvalue weighted by Gasteiger charge is 2.30. The molecule has 1 N–H and O–H groups in total. The second-order valence-electron chi connectivity index (χ2n) is 6.62. The predicted octanol–water partition coefficient (Wildman–Crippen LogP) is 2.80. The van der Waals surface area contributed by atoms with E-state index in [9.17, 15) is 26.4 Å². The molecule has 4 rings (SSSR count). The van der Waals surface area contributed by atoms with Crippen LogP contribution in [0.3, 0.4) is 0 Å². The number of nitrogens with one attached hydrogen (secondary N) is 1. The molecule has 0 aliphatic carbocycles. The molecule has 2 aromatic carbocycles. The Bertz CT molecular complexity index is 1450. The van der Waals surface area contributed by atoms with Crippen molar-refractivity contribution in [3.8, 4) is 5.69 Å². The molecule has 0 saturated carbocycles. The first-order valence-corrected chi connectivity index (χ1v) is 10.1. The molecule has 0 bridgehead atoms. The van der Waals surface area contributed by atoms with Crippen LogP contribution in [0.15, 0.2) is 58.5 Å². The SMILES string of the molecule is CNS(=O)(=O)c1ccc2c(c1)c1ncn(C)c1c(=O)n2-c1ccc(C(F)(F)F)cc1. The van der Waals surface area contributed by atoms with E-state index in [1.165, 1.54) is 52.8 Å². The lowest BCUT2D eigenvalue weighted by molar-refractivity contribution is -0.137. The van der Waals surface area contributed by atoms with Crippen LogP contribution in [0.25, 0.3) is 27.6 Å². The minimum atomic E-state index is -4.51. The van der Waals surface area contributed by atoms with E-state index >= 15 is 0 Å². The first-order valence-electron chi connectivity index (χ1n) is 8.65. The van der Waals surface area contributed by atoms with Gasteiger partial charge in [0, 0.05) is 18.1 Å². The number of aryl methyl sites for hydroxylation is 1. The summed E-state index contributed by atoms with van der Waals surface area (Å²) in [6.45, 7) is 0. The van der Waals surface area contributed by atoms with Crippen LogP contribution in [0.2, 0.25) is 0 Å². The maximum absolute atomic E-state index is 13.2. The molecule has 30 heavy (non-hydrogen) atoms. The molecule has 2 aromatic heterocycles. The van der Waals surface area contributed by atoms with Crippen LogP contribution in [-0.2, 0) is 23.2 Å². The van der Waals surface area contributed by atoms with Gasteiger partial charge in [-0.15, -0.1) is 0 Å². The number of nitrogens with zero attached hydrogens (tertiary/aromatic N) is 3. The average molecular weight is 436 g/mol. The quantitative estimate of drug-likeness (QED) is 0.535. The molecule has 0 amide bonds. The standard InChI is InChI=1S/C19H15F3N4O3S/c1-23-30(28,29)13-7-8-15-14(9-13)16-17(25(2)10-24-16)18(27)26(15)12-5-3-11(4-6-12)19(20,21)22/h3-10,23H,1-2H3. The summed E-state index contributed by atoms with van der Waals surface area (Å²) >= 11 is 0. The van der Waals surface area contributed by atoms with Crippen LogP contribution in [-0.4, -0.2) is 29.6 Å². The summed E-state index contributed by atoms with van der Waals surface area (Å²) in [5.41, 5.74) is -0.296. The molecule has 156 valence electrons. The van der Waals surface area contributed by atoms with E-state index in [1.807, 2.05) is 0 Å². The highest BCUT2D eigenvalue weighted by atomic mass is 32.2. The summed E-state index contributed by atoms with van der Waals surface area (Å²) in [7, 11) is -0.876. The van der Waals surface area contributed by atoms with Crippen molar-refractivity contribution in [2.75, 3.05) is 7.05 Å². The lowest BCUT2D eigenvalue weighted by atomic mass is 10.1. The fourth-order valence-corrected chi connectivity index (χ4v) is 4.09. The van der Waals surface area contributed by atoms with Crippen molar-refractivity contribution in [3.05, 3.63) is 64.7 Å². The molecule has 0 aliphatic rings. The third-order valence-corrected chi connectivity index (χ3v) is 6.25. The first-order chi connectivity index (χ1) is 14.0. The molecule has 0 saturated heterocycles. The minimum absolute atomic E-state index is 0.0259. The van der Waals surface area contributed by atoms with Gasteiger partial charge in [0.05, 0.1) is 22.3 Å². The second kappa shape index (κ2) is 6.67. The van der Waals surface area contributed by atoms with Gasteiger partial charge >= 0.3 is 6.18 Å². The molecule has 4 aromatic rings. The number of hydrogen-bond acceptors (Lipinski definition) is 4. The first kappa shape index (κ1) is 20.1. The number of pyridine rings is 1. The smallest absolute Gasteiger partial charge is 0.329 e. The van der Waals surface area contributed by atoms with Crippen LogP contribution in [0.1, 0.15) is 5.56 Å². The third kappa shape index (κ3) is 3.06. The topological polar surface area (TPSA) is 86.0 Å². The van der Waals surface area contributed by atoms with E-state index < -0.39 is 27.3 Å². The van der Waals surface area contributed by atoms with Crippen LogP contribution in [0.4, 0.5) is 13.2 Å². The monoisotopic (exact) mass is 436 g/mol. The van der Waals surface area contributed by atoms with Gasteiger partial charge in [-0.2, -0.15) is 13.2 Å². The Morgan fingerprint density at radius 2 is 1.73 bits per heavy atom. The molecule has 7 nitrogen and oxygen atoms in total. The molecule has 0 spiro atoms. The zero-order valence-electron chi connectivity index (χ0n) is 15.7. The summed E-state index contributed by atoms with van der Waals surface area (Å²) in [5.74, 6) is 0. The van der Waals surface area contributed by atoms with E-state index in [1.54, 1.807) is 7.05 Å². The maximum atomic E-state index is 13.2. The van der Waals surface area contributed by atoms with E-state index in [4.69, 9.17) is 0 Å². The number of rotatable bonds is 3. The molecule has 0 unspecified atom stereocenters. The van der Waals surface area contributed by atoms with Crippen molar-refractivity contribution in [3.63, 3.8) is 0 Å². The Morgan fingerprint density at radius 1 is 1.07 bits per heavy atom. The Hall–Kier alpha value is -3.18. The molecular weight excluding hydrogens is 421 g/mol. The summed E-state index contributed by atoms with van der Waals surface area (Å²) in [6, 6.07) is 8.32. The lowest BCUT2D eigenvalue weighted by Crippen LogP contribution is -2.22. The van der Waals surface area contributed by atoms with Gasteiger partial charge in [0.2, 0.25) is 10.0 Å². The molecule has 0 radical (unpaired) electrons. The summed E-state index contributed by atoms with van der Waals surface area (Å²) in [5, 5.41) is 0.376. The number of fused-ring (bicyclic) bond motifs is 3. The third-order valence-electron chi connectivity index (χ3n) is 4.84. The number of alkyl halides is 3. The number of hydrogen-bond donors (Lipinski definition) is 1. The average Bonchev–Trinajstić information content (AvgIpc) is 3.10. The van der Waals surface area contributed by atoms with Gasteiger partial charge in [0.15, 0.2) is 0 Å². The Balaban J connectivity index is 2.09. The fourth-order valence-electron chi connectivity index (χ4n) is 3.34. The summed E-state index contributed by atoms with van der Waals surface area (Å²) in [6.07, 6.45) is -3.09. The Kier molecular flexibility index (Phi) is 4.47. The second-order valence-corrected chi connectivity index (χ2v) is 8.51. The number of aromatic nitrogens is 3. The highest BCUT2D eigenvalue weighted by molar-refractivity contribution is 7.89. The zero-order chi connectivity index (χ0) is 21.8. The Labute approximate surface area is 168 Å². The van der Waals surface area contributed by atoms with E-state index in [0.717, 1.165) is 12.1 Å². The van der Waals surface area contributed by atoms with Crippen molar-refractivity contribution in [2.24, 2.45) is 7.05 Å². The predicted molar refractivity (Wildman–Crippen MR) is 105 cm³/mol. The molecule has 0 fully saturated rings. The molecular formula is C19H15F3N4O3S. The normalized spacial score (nSPS) is 12.7. The van der Waals surface area contributed by atoms with Gasteiger partial charge in [0.1, 0.15) is 11.0 Å². The molecule has 0 aliphatic heterocycles. The number of imidazole rings is 1. The van der Waals surface area contributed by atoms with Gasteiger partial charge in [-0.1, -0.05) is 0 Å². The Morgan fingerprint density at radius 3 is 2.33 bits per heavy atom. The number of sulfonamides is 1. The lowest BCUT2D eigenvalue weighted by Gasteiger charge is -2.14. The van der Waals surface area contributed by atoms with Crippen LogP contribution in [0.5, 0.6) is 0 Å². The minimum Gasteiger partial charge on any atom is -0.329 e. The van der Waals surface area contributed by atoms with E-state index in [-0.39, 0.29) is 16.1 Å². The largest absolute Gasteiger partial charge is 0.416 e. The van der Waals surface area contributed by atoms with Crippen molar-refractivity contribution >= 4 is 32.0 Å². The molecule has 2 heterocycles. The van der Waals surface area contributed by atoms with Crippen LogP contribution < -0.4 is 10.3 Å². The van der Waals surface area contributed by atoms with Crippen molar-refractivity contribution in [2.45, 2.75) is 11.1 Å². The highest BCUT2D eigenvalue weighted by Crippen LogP contribution is 2.31. The number of halogens is 3. The zero-order valence-corrected chi connectivity index (χ0v) is 16.5. The van der Waals surface area contributed by atoms with Gasteiger partial charge in [-0.05, 0) is 49.5 Å². The molecule has 11 heteroatoms. The fraction of sp³-hybridized carbons (Fsp3) is 0.158. The van der Waals surface area contributed by atoms with Gasteiger partial charge in [0.25, 0.3) is 5.56 Å². The van der Waals surface area contributed by atoms with Crippen molar-refractivity contribution in [1.82, 2.24) is 18.8 Å². The van der Waals surface area contributed by atoms with Gasteiger partial charge < -0.3 is 4.57 Å². The molecule has 0 atom stereocenters. The van der Waals surface area contributed by atoms with Gasteiger partial charge in [-0.3, -0.25) is 9.36 Å². The van der Waals surface area contributed by atoms with Crippen LogP contribution in [0, 0.1) is 0 Å². The van der Waals surface area contributed by atoms with Gasteiger partial charge in [-0.25, -0.2) is 18.1 Å². The number of benzene rings is 2. The summed E-state index contributed by atoms with van der Waals surface area (Å²) < 4.78 is 68.2. The van der Waals surface area contributed by atoms with Crippen LogP contribution >= 0.6 is 0 Å². The van der Waals surface area contributed by atoms with E-state index in [2.05, 4.69) is 9.71 Å². The van der Waals surface area contributed by atoms with E-state index in [0.29, 0.717) is 16.4 Å². The van der Waals surface area contributed by atoms with Crippen molar-refractivity contribution < 1.29 is 21.6 Å². The maximum Gasteiger partial charge on any atom is 0.416 e. The summed E-state index contributed by atoms with van der Waals surface area (Å²) in [4.78, 5) is 17.4.